The first kappa shape index (κ1) is 13.1. The summed E-state index contributed by atoms with van der Waals surface area (Å²) in [6.45, 7) is 6.73. The zero-order chi connectivity index (χ0) is 13.5. The Bertz CT molecular complexity index is 591. The second-order valence-electron chi connectivity index (χ2n) is 5.33. The van der Waals surface area contributed by atoms with E-state index in [0.29, 0.717) is 10.7 Å². The smallest absolute Gasteiger partial charge is 0.225 e. The maximum atomic E-state index is 6.06. The number of aromatic nitrogens is 2. The molecule has 1 aliphatic rings. The molecule has 0 N–H and O–H groups in total. The van der Waals surface area contributed by atoms with Crippen molar-refractivity contribution in [2.24, 2.45) is 5.41 Å². The monoisotopic (exact) mass is 295 g/mol. The van der Waals surface area contributed by atoms with Gasteiger partial charge in [-0.1, -0.05) is 13.8 Å². The lowest BCUT2D eigenvalue weighted by atomic mass is 9.82. The molecule has 0 amide bonds. The van der Waals surface area contributed by atoms with Gasteiger partial charge in [-0.05, 0) is 47.7 Å². The van der Waals surface area contributed by atoms with E-state index in [1.807, 2.05) is 0 Å². The van der Waals surface area contributed by atoms with Crippen molar-refractivity contribution in [3.05, 3.63) is 16.7 Å². The quantitative estimate of drug-likeness (QED) is 0.788. The molecule has 0 radical (unpaired) electrons. The number of hydrogen-bond donors (Lipinski definition) is 0. The Hall–Kier alpha value is -0.870. The Morgan fingerprint density at radius 3 is 2.84 bits per heavy atom. The van der Waals surface area contributed by atoms with Crippen LogP contribution in [0.4, 0.5) is 5.82 Å². The van der Waals surface area contributed by atoms with Gasteiger partial charge in [-0.25, -0.2) is 4.98 Å². The van der Waals surface area contributed by atoms with Crippen LogP contribution < -0.4 is 4.90 Å². The van der Waals surface area contributed by atoms with Crippen molar-refractivity contribution in [1.29, 1.82) is 0 Å². The predicted molar refractivity (Wildman–Crippen MR) is 82.3 cm³/mol. The molecule has 102 valence electrons. The van der Waals surface area contributed by atoms with Crippen molar-refractivity contribution >= 4 is 39.0 Å². The van der Waals surface area contributed by atoms with Crippen LogP contribution in [0, 0.1) is 5.41 Å². The Balaban J connectivity index is 1.99. The third-order valence-electron chi connectivity index (χ3n) is 4.52. The summed E-state index contributed by atoms with van der Waals surface area (Å²) in [6.07, 6.45) is 3.70. The van der Waals surface area contributed by atoms with Gasteiger partial charge in [0.15, 0.2) is 0 Å². The highest BCUT2D eigenvalue weighted by atomic mass is 35.5. The number of thiophene rings is 1. The summed E-state index contributed by atoms with van der Waals surface area (Å²) in [5.41, 5.74) is 0.444. The van der Waals surface area contributed by atoms with Crippen LogP contribution in [0.3, 0.4) is 0 Å². The molecule has 1 aliphatic heterocycles. The molecular formula is C14H18ClN3S. The summed E-state index contributed by atoms with van der Waals surface area (Å²) in [6, 6.07) is 2.10. The molecule has 3 rings (SSSR count). The fourth-order valence-electron chi connectivity index (χ4n) is 3.00. The largest absolute Gasteiger partial charge is 0.355 e. The fourth-order valence-corrected chi connectivity index (χ4v) is 3.97. The van der Waals surface area contributed by atoms with E-state index < -0.39 is 0 Å². The molecule has 2 aromatic rings. The van der Waals surface area contributed by atoms with E-state index in [1.165, 1.54) is 19.3 Å². The Morgan fingerprint density at radius 1 is 1.37 bits per heavy atom. The number of nitrogens with zero attached hydrogens (tertiary/aromatic N) is 3. The minimum Gasteiger partial charge on any atom is -0.355 e. The molecule has 0 atom stereocenters. The van der Waals surface area contributed by atoms with Gasteiger partial charge in [0, 0.05) is 13.1 Å². The summed E-state index contributed by atoms with van der Waals surface area (Å²) in [5, 5.41) is 3.55. The topological polar surface area (TPSA) is 29.0 Å². The van der Waals surface area contributed by atoms with Crippen molar-refractivity contribution in [2.45, 2.75) is 33.1 Å². The first-order chi connectivity index (χ1) is 9.17. The predicted octanol–water partition coefficient (Wildman–Crippen LogP) is 4.36. The molecule has 0 aliphatic carbocycles. The molecule has 3 heterocycles. The first-order valence-corrected chi connectivity index (χ1v) is 8.09. The molecule has 0 aromatic carbocycles. The van der Waals surface area contributed by atoms with Crippen molar-refractivity contribution in [3.8, 4) is 0 Å². The van der Waals surface area contributed by atoms with Gasteiger partial charge in [-0.3, -0.25) is 0 Å². The van der Waals surface area contributed by atoms with Gasteiger partial charge in [-0.15, -0.1) is 11.3 Å². The molecule has 0 saturated carbocycles. The summed E-state index contributed by atoms with van der Waals surface area (Å²) >= 11 is 7.68. The van der Waals surface area contributed by atoms with Crippen LogP contribution in [0.1, 0.15) is 33.1 Å². The van der Waals surface area contributed by atoms with E-state index in [2.05, 4.69) is 40.2 Å². The van der Waals surface area contributed by atoms with Crippen molar-refractivity contribution in [3.63, 3.8) is 0 Å². The van der Waals surface area contributed by atoms with Gasteiger partial charge in [0.2, 0.25) is 5.28 Å². The average molecular weight is 296 g/mol. The van der Waals surface area contributed by atoms with Gasteiger partial charge in [-0.2, -0.15) is 4.98 Å². The standard InChI is InChI=1S/C14H18ClN3S/c1-3-14(4-2)6-7-18(9-14)11-10-5-8-19-12(10)17-13(15)16-11/h5,8H,3-4,6-7,9H2,1-2H3. The maximum absolute atomic E-state index is 6.06. The number of anilines is 1. The van der Waals surface area contributed by atoms with Gasteiger partial charge < -0.3 is 4.90 Å². The van der Waals surface area contributed by atoms with Crippen molar-refractivity contribution < 1.29 is 0 Å². The summed E-state index contributed by atoms with van der Waals surface area (Å²) in [7, 11) is 0. The Kier molecular flexibility index (Phi) is 3.39. The van der Waals surface area contributed by atoms with Crippen LogP contribution in [-0.4, -0.2) is 23.1 Å². The third-order valence-corrected chi connectivity index (χ3v) is 5.49. The van der Waals surface area contributed by atoms with Gasteiger partial charge in [0.05, 0.1) is 5.39 Å². The lowest BCUT2D eigenvalue weighted by molar-refractivity contribution is 0.301. The lowest BCUT2D eigenvalue weighted by Gasteiger charge is -2.27. The number of rotatable bonds is 3. The van der Waals surface area contributed by atoms with Crippen LogP contribution in [0.2, 0.25) is 5.28 Å². The number of halogens is 1. The highest BCUT2D eigenvalue weighted by Gasteiger charge is 2.36. The van der Waals surface area contributed by atoms with Crippen LogP contribution in [0.25, 0.3) is 10.2 Å². The highest BCUT2D eigenvalue weighted by molar-refractivity contribution is 7.16. The molecule has 1 fully saturated rings. The molecule has 1 saturated heterocycles. The maximum Gasteiger partial charge on any atom is 0.225 e. The minimum absolute atomic E-state index is 0.357. The number of hydrogen-bond acceptors (Lipinski definition) is 4. The Morgan fingerprint density at radius 2 is 2.16 bits per heavy atom. The molecule has 3 nitrogen and oxygen atoms in total. The summed E-state index contributed by atoms with van der Waals surface area (Å²) in [5.74, 6) is 1.01. The van der Waals surface area contributed by atoms with Crippen LogP contribution in [0.5, 0.6) is 0 Å². The highest BCUT2D eigenvalue weighted by Crippen LogP contribution is 2.40. The molecular weight excluding hydrogens is 278 g/mol. The molecule has 0 bridgehead atoms. The molecule has 0 spiro atoms. The molecule has 5 heteroatoms. The van der Waals surface area contributed by atoms with E-state index in [0.717, 1.165) is 29.1 Å². The minimum atomic E-state index is 0.357. The summed E-state index contributed by atoms with van der Waals surface area (Å²) < 4.78 is 0. The number of fused-ring (bicyclic) bond motifs is 1. The van der Waals surface area contributed by atoms with Gasteiger partial charge in [0.1, 0.15) is 10.6 Å². The van der Waals surface area contributed by atoms with Crippen LogP contribution in [0.15, 0.2) is 11.4 Å². The normalized spacial score (nSPS) is 18.4. The van der Waals surface area contributed by atoms with Crippen LogP contribution >= 0.6 is 22.9 Å². The molecule has 19 heavy (non-hydrogen) atoms. The van der Waals surface area contributed by atoms with E-state index >= 15 is 0 Å². The van der Waals surface area contributed by atoms with Crippen molar-refractivity contribution in [2.75, 3.05) is 18.0 Å². The molecule has 0 unspecified atom stereocenters. The van der Waals surface area contributed by atoms with Gasteiger partial charge >= 0.3 is 0 Å². The fraction of sp³-hybridized carbons (Fsp3) is 0.571. The van der Waals surface area contributed by atoms with Gasteiger partial charge in [0.25, 0.3) is 0 Å². The van der Waals surface area contributed by atoms with Crippen LogP contribution in [-0.2, 0) is 0 Å². The third kappa shape index (κ3) is 2.21. The van der Waals surface area contributed by atoms with Crippen molar-refractivity contribution in [1.82, 2.24) is 9.97 Å². The Labute approximate surface area is 122 Å². The summed E-state index contributed by atoms with van der Waals surface area (Å²) in [4.78, 5) is 12.1. The zero-order valence-electron chi connectivity index (χ0n) is 11.3. The van der Waals surface area contributed by atoms with E-state index in [9.17, 15) is 0 Å². The van der Waals surface area contributed by atoms with E-state index in [1.54, 1.807) is 11.3 Å². The second kappa shape index (κ2) is 4.91. The molecule has 2 aromatic heterocycles. The van der Waals surface area contributed by atoms with E-state index in [-0.39, 0.29) is 0 Å². The SMILES string of the molecule is CCC1(CC)CCN(c2nc(Cl)nc3sccc23)C1. The first-order valence-electron chi connectivity index (χ1n) is 6.83. The second-order valence-corrected chi connectivity index (χ2v) is 6.57. The van der Waals surface area contributed by atoms with E-state index in [4.69, 9.17) is 11.6 Å². The average Bonchev–Trinajstić information content (AvgIpc) is 3.04. The lowest BCUT2D eigenvalue weighted by Crippen LogP contribution is -2.26. The zero-order valence-corrected chi connectivity index (χ0v) is 12.9.